The number of benzene rings is 1. The summed E-state index contributed by atoms with van der Waals surface area (Å²) >= 11 is 0. The van der Waals surface area contributed by atoms with Crippen LogP contribution in [0.5, 0.6) is 0 Å². The molecule has 2 heterocycles. The molecule has 1 aliphatic heterocycles. The molecule has 2 aromatic rings. The van der Waals surface area contributed by atoms with Crippen LogP contribution in [-0.4, -0.2) is 55.8 Å². The Bertz CT molecular complexity index is 821. The van der Waals surface area contributed by atoms with Crippen LogP contribution < -0.4 is 0 Å². The molecule has 8 nitrogen and oxygen atoms in total. The Morgan fingerprint density at radius 2 is 2.00 bits per heavy atom. The predicted octanol–water partition coefficient (Wildman–Crippen LogP) is 2.06. The van der Waals surface area contributed by atoms with Gasteiger partial charge in [-0.1, -0.05) is 5.21 Å². The average Bonchev–Trinajstić information content (AvgIpc) is 2.78. The third kappa shape index (κ3) is 2.77. The van der Waals surface area contributed by atoms with Gasteiger partial charge in [-0.3, -0.25) is 0 Å². The molecule has 0 spiro atoms. The maximum atomic E-state index is 13.9. The second kappa shape index (κ2) is 5.43. The zero-order valence-corrected chi connectivity index (χ0v) is 13.5. The summed E-state index contributed by atoms with van der Waals surface area (Å²) in [7, 11) is 0. The third-order valence-corrected chi connectivity index (χ3v) is 3.66. The van der Waals surface area contributed by atoms with Gasteiger partial charge in [0.1, 0.15) is 28.0 Å². The molecule has 0 atom stereocenters. The van der Waals surface area contributed by atoms with E-state index in [-0.39, 0.29) is 11.6 Å². The number of amides is 1. The summed E-state index contributed by atoms with van der Waals surface area (Å²) in [5.74, 6) is -2.23. The van der Waals surface area contributed by atoms with Gasteiger partial charge in [0.2, 0.25) is 0 Å². The van der Waals surface area contributed by atoms with Crippen molar-refractivity contribution in [3.63, 3.8) is 0 Å². The molecule has 0 saturated carbocycles. The number of carbonyl (C=O) groups excluding carboxylic acids is 1. The monoisotopic (exact) mass is 336 g/mol. The van der Waals surface area contributed by atoms with Crippen molar-refractivity contribution in [3.8, 4) is 0 Å². The number of carbonyl (C=O) groups is 2. The summed E-state index contributed by atoms with van der Waals surface area (Å²) in [6.07, 6.45) is -0.451. The first-order valence-corrected chi connectivity index (χ1v) is 7.42. The maximum absolute atomic E-state index is 13.9. The average molecular weight is 336 g/mol. The topological polar surface area (TPSA) is 97.5 Å². The first-order valence-electron chi connectivity index (χ1n) is 7.42. The van der Waals surface area contributed by atoms with Crippen LogP contribution in [0.3, 0.4) is 0 Å². The Kier molecular flexibility index (Phi) is 3.66. The van der Waals surface area contributed by atoms with Crippen molar-refractivity contribution >= 4 is 23.1 Å². The Hall–Kier alpha value is -2.71. The van der Waals surface area contributed by atoms with Gasteiger partial charge in [0.05, 0.1) is 6.04 Å². The number of fused-ring (bicyclic) bond motifs is 1. The first kappa shape index (κ1) is 16.2. The minimum Gasteiger partial charge on any atom is -0.478 e. The van der Waals surface area contributed by atoms with E-state index in [1.807, 2.05) is 0 Å². The third-order valence-electron chi connectivity index (χ3n) is 3.66. The molecule has 0 bridgehead atoms. The molecule has 1 aromatic heterocycles. The van der Waals surface area contributed by atoms with Gasteiger partial charge in [0, 0.05) is 13.1 Å². The minimum absolute atomic E-state index is 0.122. The van der Waals surface area contributed by atoms with Crippen LogP contribution in [0.2, 0.25) is 0 Å². The van der Waals surface area contributed by atoms with Crippen LogP contribution in [0.15, 0.2) is 12.1 Å². The molecule has 1 fully saturated rings. The zero-order valence-electron chi connectivity index (χ0n) is 13.5. The number of rotatable bonds is 2. The number of ether oxygens (including phenoxy) is 1. The largest absolute Gasteiger partial charge is 0.478 e. The fourth-order valence-corrected chi connectivity index (χ4v) is 2.55. The summed E-state index contributed by atoms with van der Waals surface area (Å²) in [4.78, 5) is 24.8. The summed E-state index contributed by atoms with van der Waals surface area (Å²) < 4.78 is 20.5. The molecule has 1 saturated heterocycles. The number of carboxylic acid groups (broad SMARTS) is 1. The molecule has 1 aromatic carbocycles. The van der Waals surface area contributed by atoms with E-state index in [9.17, 15) is 19.1 Å². The SMILES string of the molecule is CC(C)(C)OC(=O)N1CC(n2nnc3ccc(F)c(C(=O)O)c32)C1. The molecule has 0 unspecified atom stereocenters. The van der Waals surface area contributed by atoms with Crippen molar-refractivity contribution in [2.75, 3.05) is 13.1 Å². The number of halogens is 1. The Labute approximate surface area is 136 Å². The number of hydrogen-bond donors (Lipinski definition) is 1. The smallest absolute Gasteiger partial charge is 0.410 e. The van der Waals surface area contributed by atoms with E-state index in [2.05, 4.69) is 10.3 Å². The Balaban J connectivity index is 1.84. The molecule has 0 aliphatic carbocycles. The van der Waals surface area contributed by atoms with Crippen molar-refractivity contribution in [2.45, 2.75) is 32.4 Å². The number of aromatic nitrogens is 3. The lowest BCUT2D eigenvalue weighted by Gasteiger charge is -2.39. The zero-order chi connectivity index (χ0) is 17.6. The standard InChI is InChI=1S/C15H17FN4O4/c1-15(2,3)24-14(23)19-6-8(7-19)20-12-10(17-18-20)5-4-9(16)11(12)13(21)22/h4-5,8H,6-7H2,1-3H3,(H,21,22). The van der Waals surface area contributed by atoms with Crippen LogP contribution >= 0.6 is 0 Å². The molecule has 9 heteroatoms. The first-order chi connectivity index (χ1) is 11.2. The Morgan fingerprint density at radius 1 is 1.33 bits per heavy atom. The maximum Gasteiger partial charge on any atom is 0.410 e. The van der Waals surface area contributed by atoms with Crippen molar-refractivity contribution in [3.05, 3.63) is 23.5 Å². The van der Waals surface area contributed by atoms with Crippen LogP contribution in [-0.2, 0) is 4.74 Å². The van der Waals surface area contributed by atoms with Gasteiger partial charge in [0.15, 0.2) is 0 Å². The van der Waals surface area contributed by atoms with Gasteiger partial charge >= 0.3 is 12.1 Å². The second-order valence-electron chi connectivity index (χ2n) is 6.67. The lowest BCUT2D eigenvalue weighted by atomic mass is 10.1. The normalized spacial score (nSPS) is 15.4. The van der Waals surface area contributed by atoms with Crippen LogP contribution in [0, 0.1) is 5.82 Å². The lowest BCUT2D eigenvalue weighted by Crippen LogP contribution is -2.52. The highest BCUT2D eigenvalue weighted by atomic mass is 19.1. The molecule has 128 valence electrons. The number of carboxylic acids is 1. The summed E-state index contributed by atoms with van der Waals surface area (Å²) in [5.41, 5.74) is -0.643. The summed E-state index contributed by atoms with van der Waals surface area (Å²) in [5, 5.41) is 17.1. The van der Waals surface area contributed by atoms with E-state index in [1.165, 1.54) is 15.6 Å². The summed E-state index contributed by atoms with van der Waals surface area (Å²) in [6.45, 7) is 5.91. The van der Waals surface area contributed by atoms with Crippen molar-refractivity contribution < 1.29 is 23.8 Å². The molecule has 1 aliphatic rings. The van der Waals surface area contributed by atoms with Crippen LogP contribution in [0.25, 0.3) is 11.0 Å². The van der Waals surface area contributed by atoms with Gasteiger partial charge in [-0.25, -0.2) is 18.7 Å². The fourth-order valence-electron chi connectivity index (χ4n) is 2.55. The van der Waals surface area contributed by atoms with Crippen LogP contribution in [0.4, 0.5) is 9.18 Å². The van der Waals surface area contributed by atoms with E-state index >= 15 is 0 Å². The highest BCUT2D eigenvalue weighted by molar-refractivity contribution is 6.01. The van der Waals surface area contributed by atoms with Crippen molar-refractivity contribution in [1.82, 2.24) is 19.9 Å². The minimum atomic E-state index is -1.38. The number of likely N-dealkylation sites (tertiary alicyclic amines) is 1. The number of hydrogen-bond acceptors (Lipinski definition) is 5. The molecule has 1 amide bonds. The molecule has 0 radical (unpaired) electrons. The van der Waals surface area contributed by atoms with Gasteiger partial charge in [-0.2, -0.15) is 0 Å². The van der Waals surface area contributed by atoms with E-state index in [1.54, 1.807) is 20.8 Å². The second-order valence-corrected chi connectivity index (χ2v) is 6.67. The summed E-state index contributed by atoms with van der Waals surface area (Å²) in [6, 6.07) is 2.16. The number of nitrogens with zero attached hydrogens (tertiary/aromatic N) is 4. The lowest BCUT2D eigenvalue weighted by molar-refractivity contribution is -0.000147. The molecule has 3 rings (SSSR count). The van der Waals surface area contributed by atoms with Crippen molar-refractivity contribution in [1.29, 1.82) is 0 Å². The molecular weight excluding hydrogens is 319 g/mol. The molecule has 1 N–H and O–H groups in total. The molecule has 24 heavy (non-hydrogen) atoms. The van der Waals surface area contributed by atoms with E-state index in [0.29, 0.717) is 18.6 Å². The van der Waals surface area contributed by atoms with Gasteiger partial charge < -0.3 is 14.7 Å². The fraction of sp³-hybridized carbons (Fsp3) is 0.467. The highest BCUT2D eigenvalue weighted by Gasteiger charge is 2.37. The van der Waals surface area contributed by atoms with Crippen molar-refractivity contribution in [2.24, 2.45) is 0 Å². The number of aromatic carboxylic acids is 1. The van der Waals surface area contributed by atoms with E-state index < -0.39 is 29.0 Å². The highest BCUT2D eigenvalue weighted by Crippen LogP contribution is 2.28. The van der Waals surface area contributed by atoms with Gasteiger partial charge in [-0.15, -0.1) is 5.10 Å². The van der Waals surface area contributed by atoms with E-state index in [4.69, 9.17) is 4.74 Å². The van der Waals surface area contributed by atoms with Gasteiger partial charge in [0.25, 0.3) is 0 Å². The van der Waals surface area contributed by atoms with E-state index in [0.717, 1.165) is 6.07 Å². The quantitative estimate of drug-likeness (QED) is 0.901. The van der Waals surface area contributed by atoms with Gasteiger partial charge in [-0.05, 0) is 32.9 Å². The predicted molar refractivity (Wildman–Crippen MR) is 81.3 cm³/mol. The molecular formula is C15H17FN4O4. The Morgan fingerprint density at radius 3 is 2.58 bits per heavy atom. The van der Waals surface area contributed by atoms with Crippen LogP contribution in [0.1, 0.15) is 37.2 Å².